The molecule has 220 valence electrons. The summed E-state index contributed by atoms with van der Waals surface area (Å²) >= 11 is 12.0. The van der Waals surface area contributed by atoms with Gasteiger partial charge in [-0.15, -0.1) is 0 Å². The number of nitrogens with one attached hydrogen (secondary N) is 1. The first kappa shape index (κ1) is 31.2. The molecular formula is C29H38Cl2FN3O4S. The molecule has 0 radical (unpaired) electrons. The van der Waals surface area contributed by atoms with Crippen molar-refractivity contribution in [3.05, 3.63) is 63.9 Å². The molecule has 1 aliphatic carbocycles. The lowest BCUT2D eigenvalue weighted by atomic mass is 9.76. The SMILES string of the molecule is CN(C)C(c1cccc(F)c1)C1CCC(CNC(=O)COCC2CCCN2S(=O)(=O)c2ccc(Cl)c(Cl)c2)CC1. The predicted octanol–water partition coefficient (Wildman–Crippen LogP) is 5.53. The molecule has 1 saturated heterocycles. The van der Waals surface area contributed by atoms with E-state index in [4.69, 9.17) is 27.9 Å². The molecule has 11 heteroatoms. The summed E-state index contributed by atoms with van der Waals surface area (Å²) < 4.78 is 47.2. The molecule has 0 aromatic heterocycles. The fourth-order valence-electron chi connectivity index (χ4n) is 6.05. The van der Waals surface area contributed by atoms with Gasteiger partial charge in [-0.1, -0.05) is 35.3 Å². The molecule has 2 atom stereocenters. The summed E-state index contributed by atoms with van der Waals surface area (Å²) in [6, 6.07) is 11.0. The number of benzene rings is 2. The van der Waals surface area contributed by atoms with Crippen molar-refractivity contribution in [3.8, 4) is 0 Å². The Bertz CT molecular complexity index is 1270. The average molecular weight is 615 g/mol. The van der Waals surface area contributed by atoms with E-state index >= 15 is 0 Å². The van der Waals surface area contributed by atoms with Gasteiger partial charge in [-0.3, -0.25) is 4.79 Å². The number of nitrogens with zero attached hydrogens (tertiary/aromatic N) is 2. The zero-order chi connectivity index (χ0) is 28.9. The largest absolute Gasteiger partial charge is 0.370 e. The van der Waals surface area contributed by atoms with Gasteiger partial charge in [-0.2, -0.15) is 4.31 Å². The lowest BCUT2D eigenvalue weighted by Crippen LogP contribution is -2.39. The number of halogens is 3. The number of sulfonamides is 1. The van der Waals surface area contributed by atoms with Crippen LogP contribution in [0.5, 0.6) is 0 Å². The molecule has 0 bridgehead atoms. The number of hydrogen-bond donors (Lipinski definition) is 1. The lowest BCUT2D eigenvalue weighted by Gasteiger charge is -2.37. The van der Waals surface area contributed by atoms with E-state index in [1.54, 1.807) is 12.1 Å². The Kier molecular flexibility index (Phi) is 10.9. The molecule has 2 aliphatic rings. The number of carbonyl (C=O) groups is 1. The van der Waals surface area contributed by atoms with Gasteiger partial charge in [-0.05, 0) is 100 Å². The van der Waals surface area contributed by atoms with E-state index < -0.39 is 10.0 Å². The number of carbonyl (C=O) groups excluding carboxylic acids is 1. The molecule has 2 aromatic rings. The summed E-state index contributed by atoms with van der Waals surface area (Å²) in [5.74, 6) is 0.403. The summed E-state index contributed by atoms with van der Waals surface area (Å²) in [7, 11) is 0.324. The number of rotatable bonds is 11. The highest BCUT2D eigenvalue weighted by Gasteiger charge is 2.36. The summed E-state index contributed by atoms with van der Waals surface area (Å²) in [4.78, 5) is 14.7. The molecule has 1 heterocycles. The van der Waals surface area contributed by atoms with Gasteiger partial charge >= 0.3 is 0 Å². The van der Waals surface area contributed by atoms with E-state index in [2.05, 4.69) is 10.2 Å². The number of hydrogen-bond acceptors (Lipinski definition) is 5. The second-order valence-electron chi connectivity index (χ2n) is 11.1. The first-order valence-electron chi connectivity index (χ1n) is 13.8. The van der Waals surface area contributed by atoms with Crippen molar-refractivity contribution in [1.29, 1.82) is 0 Å². The highest BCUT2D eigenvalue weighted by molar-refractivity contribution is 7.89. The fraction of sp³-hybridized carbons (Fsp3) is 0.552. The van der Waals surface area contributed by atoms with Crippen LogP contribution in [0, 0.1) is 17.7 Å². The van der Waals surface area contributed by atoms with Crippen LogP contribution in [-0.4, -0.2) is 70.0 Å². The first-order valence-corrected chi connectivity index (χ1v) is 16.0. The molecule has 1 saturated carbocycles. The van der Waals surface area contributed by atoms with E-state index in [1.165, 1.54) is 28.6 Å². The minimum Gasteiger partial charge on any atom is -0.370 e. The Labute approximate surface area is 247 Å². The normalized spacial score (nSPS) is 22.9. The van der Waals surface area contributed by atoms with E-state index in [9.17, 15) is 17.6 Å². The van der Waals surface area contributed by atoms with Crippen LogP contribution in [0.15, 0.2) is 47.4 Å². The fourth-order valence-corrected chi connectivity index (χ4v) is 8.12. The van der Waals surface area contributed by atoms with Gasteiger partial charge in [0, 0.05) is 25.2 Å². The molecule has 7 nitrogen and oxygen atoms in total. The standard InChI is InChI=1S/C29H38Cl2FN3O4S/c1-34(2)29(22-5-3-6-23(32)15-22)21-10-8-20(9-11-21)17-33-28(36)19-39-18-24-7-4-14-35(24)40(37,38)25-12-13-26(30)27(31)16-25/h3,5-6,12-13,15-16,20-21,24,29H,4,7-11,14,17-19H2,1-2H3,(H,33,36). The zero-order valence-electron chi connectivity index (χ0n) is 23.0. The van der Waals surface area contributed by atoms with Gasteiger partial charge in [0.1, 0.15) is 12.4 Å². The van der Waals surface area contributed by atoms with Crippen LogP contribution < -0.4 is 5.32 Å². The molecule has 0 spiro atoms. The maximum absolute atomic E-state index is 13.8. The van der Waals surface area contributed by atoms with Crippen molar-refractivity contribution in [3.63, 3.8) is 0 Å². The average Bonchev–Trinajstić information content (AvgIpc) is 3.39. The Balaban J connectivity index is 1.20. The Morgan fingerprint density at radius 2 is 1.85 bits per heavy atom. The minimum absolute atomic E-state index is 0.0918. The molecule has 2 aromatic carbocycles. The Morgan fingerprint density at radius 1 is 1.10 bits per heavy atom. The summed E-state index contributed by atoms with van der Waals surface area (Å²) in [5, 5.41) is 3.46. The van der Waals surface area contributed by atoms with Crippen LogP contribution in [0.1, 0.15) is 50.1 Å². The Morgan fingerprint density at radius 3 is 2.52 bits per heavy atom. The molecular weight excluding hydrogens is 576 g/mol. The van der Waals surface area contributed by atoms with Crippen molar-refractivity contribution in [2.24, 2.45) is 11.8 Å². The maximum atomic E-state index is 13.8. The van der Waals surface area contributed by atoms with Gasteiger partial charge in [0.2, 0.25) is 15.9 Å². The smallest absolute Gasteiger partial charge is 0.246 e. The van der Waals surface area contributed by atoms with Crippen molar-refractivity contribution in [2.45, 2.75) is 55.5 Å². The van der Waals surface area contributed by atoms with E-state index in [0.717, 1.165) is 37.7 Å². The van der Waals surface area contributed by atoms with Crippen LogP contribution in [0.3, 0.4) is 0 Å². The van der Waals surface area contributed by atoms with Crippen LogP contribution in [0.4, 0.5) is 4.39 Å². The van der Waals surface area contributed by atoms with Crippen molar-refractivity contribution in [1.82, 2.24) is 14.5 Å². The van der Waals surface area contributed by atoms with Gasteiger partial charge in [0.25, 0.3) is 0 Å². The number of ether oxygens (including phenoxy) is 1. The first-order chi connectivity index (χ1) is 19.1. The second-order valence-corrected chi connectivity index (χ2v) is 13.8. The molecule has 1 amide bonds. The van der Waals surface area contributed by atoms with Gasteiger partial charge in [0.15, 0.2) is 0 Å². The lowest BCUT2D eigenvalue weighted by molar-refractivity contribution is -0.126. The van der Waals surface area contributed by atoms with E-state index in [1.807, 2.05) is 20.2 Å². The Hall–Kier alpha value is -1.75. The molecule has 4 rings (SSSR count). The molecule has 2 unspecified atom stereocenters. The van der Waals surface area contributed by atoms with Crippen molar-refractivity contribution >= 4 is 39.1 Å². The predicted molar refractivity (Wildman–Crippen MR) is 155 cm³/mol. The van der Waals surface area contributed by atoms with Crippen molar-refractivity contribution in [2.75, 3.05) is 40.4 Å². The van der Waals surface area contributed by atoms with Gasteiger partial charge < -0.3 is 15.0 Å². The second kappa shape index (κ2) is 13.9. The maximum Gasteiger partial charge on any atom is 0.246 e. The molecule has 1 N–H and O–H groups in total. The van der Waals surface area contributed by atoms with Crippen LogP contribution in [-0.2, 0) is 19.6 Å². The van der Waals surface area contributed by atoms with Gasteiger partial charge in [-0.25, -0.2) is 12.8 Å². The molecule has 2 fully saturated rings. The van der Waals surface area contributed by atoms with E-state index in [0.29, 0.717) is 36.4 Å². The monoisotopic (exact) mass is 613 g/mol. The van der Waals surface area contributed by atoms with Crippen molar-refractivity contribution < 1.29 is 22.3 Å². The topological polar surface area (TPSA) is 79.0 Å². The third-order valence-corrected chi connectivity index (χ3v) is 10.7. The number of amides is 1. The molecule has 1 aliphatic heterocycles. The highest BCUT2D eigenvalue weighted by atomic mass is 35.5. The van der Waals surface area contributed by atoms with Crippen LogP contribution in [0.25, 0.3) is 0 Å². The van der Waals surface area contributed by atoms with E-state index in [-0.39, 0.29) is 46.9 Å². The third kappa shape index (κ3) is 7.75. The zero-order valence-corrected chi connectivity index (χ0v) is 25.3. The molecule has 40 heavy (non-hydrogen) atoms. The highest BCUT2D eigenvalue weighted by Crippen LogP contribution is 2.39. The van der Waals surface area contributed by atoms with Crippen LogP contribution in [0.2, 0.25) is 10.0 Å². The summed E-state index contributed by atoms with van der Waals surface area (Å²) in [6.07, 6.45) is 5.40. The quantitative estimate of drug-likeness (QED) is 0.361. The van der Waals surface area contributed by atoms with Crippen LogP contribution >= 0.6 is 23.2 Å². The van der Waals surface area contributed by atoms with Gasteiger partial charge in [0.05, 0.1) is 21.5 Å². The third-order valence-electron chi connectivity index (χ3n) is 8.04. The summed E-state index contributed by atoms with van der Waals surface area (Å²) in [6.45, 7) is 1.00. The minimum atomic E-state index is -3.75. The summed E-state index contributed by atoms with van der Waals surface area (Å²) in [5.41, 5.74) is 1.00.